The molecule has 3 aromatic heterocycles. The smallest absolute Gasteiger partial charge is 0.179 e. The molecule has 16 heavy (non-hydrogen) atoms. The predicted octanol–water partition coefficient (Wildman–Crippen LogP) is 2.19. The van der Waals surface area contributed by atoms with Crippen LogP contribution in [0.25, 0.3) is 21.9 Å². The molecule has 0 spiro atoms. The first-order valence-corrected chi connectivity index (χ1v) is 5.09. The Morgan fingerprint density at radius 3 is 2.75 bits per heavy atom. The van der Waals surface area contributed by atoms with E-state index in [2.05, 4.69) is 19.9 Å². The molecule has 0 aromatic carbocycles. The Balaban J connectivity index is 2.61. The summed E-state index contributed by atoms with van der Waals surface area (Å²) < 4.78 is 0. The van der Waals surface area contributed by atoms with E-state index in [0.29, 0.717) is 5.65 Å². The van der Waals surface area contributed by atoms with Crippen molar-refractivity contribution in [2.24, 2.45) is 0 Å². The molecule has 0 fully saturated rings. The highest BCUT2D eigenvalue weighted by molar-refractivity contribution is 6.02. The molecule has 78 valence electrons. The van der Waals surface area contributed by atoms with E-state index >= 15 is 0 Å². The van der Waals surface area contributed by atoms with E-state index in [4.69, 9.17) is 0 Å². The first-order chi connectivity index (χ1) is 7.75. The molecule has 0 saturated heterocycles. The number of hydrogen-bond acceptors (Lipinski definition) is 4. The summed E-state index contributed by atoms with van der Waals surface area (Å²) in [5.74, 6) is 0. The Morgan fingerprint density at radius 2 is 1.88 bits per heavy atom. The van der Waals surface area contributed by atoms with Gasteiger partial charge in [-0.25, -0.2) is 15.0 Å². The van der Waals surface area contributed by atoms with E-state index in [-0.39, 0.29) is 0 Å². The molecule has 4 nitrogen and oxygen atoms in total. The Morgan fingerprint density at radius 1 is 1.00 bits per heavy atom. The van der Waals surface area contributed by atoms with Crippen molar-refractivity contribution in [3.05, 3.63) is 36.0 Å². The lowest BCUT2D eigenvalue weighted by molar-refractivity contribution is 1.14. The Bertz CT molecular complexity index is 691. The molecule has 0 amide bonds. The van der Waals surface area contributed by atoms with E-state index in [1.807, 2.05) is 26.1 Å². The Labute approximate surface area is 92.4 Å². The van der Waals surface area contributed by atoms with Crippen molar-refractivity contribution in [2.75, 3.05) is 0 Å². The van der Waals surface area contributed by atoms with E-state index in [0.717, 1.165) is 27.7 Å². The van der Waals surface area contributed by atoms with Gasteiger partial charge in [0.2, 0.25) is 0 Å². The molecule has 0 atom stereocenters. The number of rotatable bonds is 0. The fourth-order valence-electron chi connectivity index (χ4n) is 1.84. The number of fused-ring (bicyclic) bond motifs is 3. The maximum absolute atomic E-state index is 4.49. The average Bonchev–Trinajstić information content (AvgIpc) is 2.31. The van der Waals surface area contributed by atoms with Gasteiger partial charge < -0.3 is 0 Å². The maximum atomic E-state index is 4.49. The summed E-state index contributed by atoms with van der Waals surface area (Å²) in [5, 5.41) is 2.10. The number of hydrogen-bond donors (Lipinski definition) is 0. The van der Waals surface area contributed by atoms with Crippen LogP contribution in [-0.2, 0) is 0 Å². The highest BCUT2D eigenvalue weighted by Crippen LogP contribution is 2.22. The van der Waals surface area contributed by atoms with Gasteiger partial charge in [0.25, 0.3) is 0 Å². The molecule has 4 heteroatoms. The van der Waals surface area contributed by atoms with Gasteiger partial charge in [-0.1, -0.05) is 0 Å². The van der Waals surface area contributed by atoms with Crippen molar-refractivity contribution in [3.63, 3.8) is 0 Å². The van der Waals surface area contributed by atoms with Crippen molar-refractivity contribution in [2.45, 2.75) is 13.8 Å². The van der Waals surface area contributed by atoms with Crippen LogP contribution in [0.3, 0.4) is 0 Å². The second-order valence-corrected chi connectivity index (χ2v) is 3.80. The number of aryl methyl sites for hydroxylation is 2. The van der Waals surface area contributed by atoms with Crippen LogP contribution in [-0.4, -0.2) is 19.9 Å². The Hall–Kier alpha value is -2.10. The molecule has 0 aliphatic heterocycles. The molecule has 0 saturated carbocycles. The van der Waals surface area contributed by atoms with Crippen molar-refractivity contribution in [3.8, 4) is 0 Å². The van der Waals surface area contributed by atoms with Crippen LogP contribution in [0.15, 0.2) is 24.7 Å². The molecule has 0 aliphatic carbocycles. The first-order valence-electron chi connectivity index (χ1n) is 5.09. The highest BCUT2D eigenvalue weighted by Gasteiger charge is 2.07. The van der Waals surface area contributed by atoms with Crippen LogP contribution in [0.1, 0.15) is 11.4 Å². The molecular weight excluding hydrogens is 200 g/mol. The molecule has 0 unspecified atom stereocenters. The van der Waals surface area contributed by atoms with Crippen LogP contribution in [0, 0.1) is 13.8 Å². The summed E-state index contributed by atoms with van der Waals surface area (Å²) in [6.07, 6.45) is 5.33. The average molecular weight is 210 g/mol. The van der Waals surface area contributed by atoms with Crippen LogP contribution < -0.4 is 0 Å². The van der Waals surface area contributed by atoms with E-state index in [9.17, 15) is 0 Å². The molecule has 3 heterocycles. The standard InChI is InChI=1S/C12H10N4/c1-7-5-14-12-11(15-7)9-3-4-13-6-10(9)8(2)16-12/h3-6H,1-2H3. The summed E-state index contributed by atoms with van der Waals surface area (Å²) in [4.78, 5) is 17.3. The lowest BCUT2D eigenvalue weighted by Crippen LogP contribution is -1.94. The number of pyridine rings is 2. The zero-order chi connectivity index (χ0) is 11.1. The van der Waals surface area contributed by atoms with Gasteiger partial charge in [0.1, 0.15) is 5.52 Å². The zero-order valence-corrected chi connectivity index (χ0v) is 9.10. The largest absolute Gasteiger partial charge is 0.264 e. The minimum atomic E-state index is 0.696. The second kappa shape index (κ2) is 3.20. The van der Waals surface area contributed by atoms with E-state index in [1.165, 1.54) is 0 Å². The van der Waals surface area contributed by atoms with Crippen molar-refractivity contribution < 1.29 is 0 Å². The third-order valence-electron chi connectivity index (χ3n) is 2.61. The highest BCUT2D eigenvalue weighted by atomic mass is 14.9. The van der Waals surface area contributed by atoms with Gasteiger partial charge in [-0.15, -0.1) is 0 Å². The summed E-state index contributed by atoms with van der Waals surface area (Å²) in [7, 11) is 0. The molecule has 0 N–H and O–H groups in total. The molecule has 0 aliphatic rings. The van der Waals surface area contributed by atoms with E-state index in [1.54, 1.807) is 12.4 Å². The van der Waals surface area contributed by atoms with Crippen LogP contribution in [0.5, 0.6) is 0 Å². The topological polar surface area (TPSA) is 51.6 Å². The van der Waals surface area contributed by atoms with Gasteiger partial charge in [0.15, 0.2) is 5.65 Å². The Kier molecular flexibility index (Phi) is 1.83. The van der Waals surface area contributed by atoms with E-state index < -0.39 is 0 Å². The van der Waals surface area contributed by atoms with Crippen molar-refractivity contribution in [1.82, 2.24) is 19.9 Å². The zero-order valence-electron chi connectivity index (χ0n) is 9.10. The lowest BCUT2D eigenvalue weighted by Gasteiger charge is -2.04. The summed E-state index contributed by atoms with van der Waals surface area (Å²) in [6.45, 7) is 3.89. The summed E-state index contributed by atoms with van der Waals surface area (Å²) in [5.41, 5.74) is 3.38. The molecule has 3 rings (SSSR count). The van der Waals surface area contributed by atoms with Crippen molar-refractivity contribution in [1.29, 1.82) is 0 Å². The number of nitrogens with zero attached hydrogens (tertiary/aromatic N) is 4. The SMILES string of the molecule is Cc1cnc2nc(C)c3cnccc3c2n1. The van der Waals surface area contributed by atoms with Gasteiger partial charge in [-0.2, -0.15) is 0 Å². The molecule has 0 radical (unpaired) electrons. The van der Waals surface area contributed by atoms with Gasteiger partial charge in [0.05, 0.1) is 11.9 Å². The van der Waals surface area contributed by atoms with Crippen LogP contribution in [0.4, 0.5) is 0 Å². The fourth-order valence-corrected chi connectivity index (χ4v) is 1.84. The van der Waals surface area contributed by atoms with Crippen molar-refractivity contribution >= 4 is 21.9 Å². The first kappa shape index (κ1) is 9.15. The third kappa shape index (κ3) is 1.23. The quantitative estimate of drug-likeness (QED) is 0.534. The molecule has 3 aromatic rings. The third-order valence-corrected chi connectivity index (χ3v) is 2.61. The lowest BCUT2D eigenvalue weighted by atomic mass is 10.1. The molecular formula is C12H10N4. The predicted molar refractivity (Wildman–Crippen MR) is 62.1 cm³/mol. The van der Waals surface area contributed by atoms with Gasteiger partial charge in [-0.05, 0) is 19.9 Å². The minimum absolute atomic E-state index is 0.696. The van der Waals surface area contributed by atoms with Gasteiger partial charge in [0, 0.05) is 28.9 Å². The molecule has 0 bridgehead atoms. The monoisotopic (exact) mass is 210 g/mol. The second-order valence-electron chi connectivity index (χ2n) is 3.80. The van der Waals surface area contributed by atoms with Crippen LogP contribution >= 0.6 is 0 Å². The number of aromatic nitrogens is 4. The summed E-state index contributed by atoms with van der Waals surface area (Å²) >= 11 is 0. The minimum Gasteiger partial charge on any atom is -0.264 e. The summed E-state index contributed by atoms with van der Waals surface area (Å²) in [6, 6.07) is 1.96. The normalized spacial score (nSPS) is 11.1. The maximum Gasteiger partial charge on any atom is 0.179 e. The van der Waals surface area contributed by atoms with Crippen LogP contribution in [0.2, 0.25) is 0 Å². The van der Waals surface area contributed by atoms with Gasteiger partial charge in [-0.3, -0.25) is 4.98 Å². The van der Waals surface area contributed by atoms with Gasteiger partial charge >= 0.3 is 0 Å². The fraction of sp³-hybridized carbons (Fsp3) is 0.167.